The zero-order chi connectivity index (χ0) is 20.5. The second kappa shape index (κ2) is 10.5. The number of aromatic nitrogens is 1. The van der Waals surface area contributed by atoms with E-state index in [0.29, 0.717) is 31.3 Å². The molecule has 0 saturated carbocycles. The molecular formula is C23H29N3O3. The van der Waals surface area contributed by atoms with Crippen LogP contribution in [0.2, 0.25) is 0 Å². The van der Waals surface area contributed by atoms with Crippen LogP contribution in [-0.4, -0.2) is 37.2 Å². The van der Waals surface area contributed by atoms with Crippen molar-refractivity contribution in [1.29, 1.82) is 0 Å². The van der Waals surface area contributed by atoms with E-state index in [1.807, 2.05) is 38.1 Å². The molecule has 0 bridgehead atoms. The molecule has 29 heavy (non-hydrogen) atoms. The summed E-state index contributed by atoms with van der Waals surface area (Å²) in [6.07, 6.45) is 7.54. The van der Waals surface area contributed by atoms with E-state index in [-0.39, 0.29) is 5.91 Å². The summed E-state index contributed by atoms with van der Waals surface area (Å²) < 4.78 is 11.2. The van der Waals surface area contributed by atoms with E-state index in [4.69, 9.17) is 9.47 Å². The third-order valence-corrected chi connectivity index (χ3v) is 4.70. The molecule has 0 atom stereocenters. The van der Waals surface area contributed by atoms with Gasteiger partial charge in [0.05, 0.1) is 13.2 Å². The van der Waals surface area contributed by atoms with Crippen LogP contribution in [0, 0.1) is 0 Å². The zero-order valence-electron chi connectivity index (χ0n) is 17.2. The van der Waals surface area contributed by atoms with Gasteiger partial charge in [0.1, 0.15) is 5.82 Å². The number of benzene rings is 1. The van der Waals surface area contributed by atoms with Crippen molar-refractivity contribution in [3.05, 3.63) is 53.7 Å². The van der Waals surface area contributed by atoms with Crippen molar-refractivity contribution in [3.63, 3.8) is 0 Å². The number of ether oxygens (including phenoxy) is 2. The normalized spacial score (nSPS) is 13.7. The van der Waals surface area contributed by atoms with Crippen molar-refractivity contribution >= 4 is 17.8 Å². The number of rotatable bonds is 9. The molecule has 0 spiro atoms. The van der Waals surface area contributed by atoms with E-state index in [1.54, 1.807) is 12.3 Å². The van der Waals surface area contributed by atoms with Crippen LogP contribution in [-0.2, 0) is 11.3 Å². The maximum Gasteiger partial charge on any atom is 0.244 e. The molecule has 154 valence electrons. The molecule has 1 aliphatic heterocycles. The second-order valence-electron chi connectivity index (χ2n) is 6.84. The Morgan fingerprint density at radius 2 is 1.86 bits per heavy atom. The Balaban J connectivity index is 1.57. The maximum absolute atomic E-state index is 12.2. The number of anilines is 1. The third kappa shape index (κ3) is 5.98. The Morgan fingerprint density at radius 1 is 1.10 bits per heavy atom. The van der Waals surface area contributed by atoms with E-state index in [0.717, 1.165) is 30.0 Å². The molecule has 0 aliphatic carbocycles. The van der Waals surface area contributed by atoms with Gasteiger partial charge in [0, 0.05) is 31.9 Å². The first-order chi connectivity index (χ1) is 14.2. The number of nitrogens with one attached hydrogen (secondary N) is 1. The van der Waals surface area contributed by atoms with Gasteiger partial charge in [-0.25, -0.2) is 4.98 Å². The van der Waals surface area contributed by atoms with Crippen LogP contribution in [0.4, 0.5) is 5.82 Å². The smallest absolute Gasteiger partial charge is 0.244 e. The summed E-state index contributed by atoms with van der Waals surface area (Å²) >= 11 is 0. The van der Waals surface area contributed by atoms with Crippen LogP contribution in [0.1, 0.15) is 37.8 Å². The Kier molecular flexibility index (Phi) is 7.50. The van der Waals surface area contributed by atoms with Crippen molar-refractivity contribution in [3.8, 4) is 11.5 Å². The van der Waals surface area contributed by atoms with Crippen LogP contribution in [0.25, 0.3) is 6.08 Å². The molecule has 0 radical (unpaired) electrons. The van der Waals surface area contributed by atoms with Gasteiger partial charge < -0.3 is 19.7 Å². The fraction of sp³-hybridized carbons (Fsp3) is 0.391. The van der Waals surface area contributed by atoms with Gasteiger partial charge in [-0.05, 0) is 68.2 Å². The minimum atomic E-state index is -0.142. The van der Waals surface area contributed by atoms with Gasteiger partial charge in [0.15, 0.2) is 11.5 Å². The first kappa shape index (κ1) is 20.7. The lowest BCUT2D eigenvalue weighted by molar-refractivity contribution is -0.116. The molecule has 1 aliphatic rings. The molecule has 2 heterocycles. The highest BCUT2D eigenvalue weighted by atomic mass is 16.5. The average molecular weight is 396 g/mol. The molecule has 1 fully saturated rings. The zero-order valence-corrected chi connectivity index (χ0v) is 17.2. The SMILES string of the molecule is CCOc1ccc(/C=C/C(=O)NCc2ccnc(N3CCCC3)c2)cc1OCC. The van der Waals surface area contributed by atoms with E-state index in [1.165, 1.54) is 18.9 Å². The quantitative estimate of drug-likeness (QED) is 0.654. The number of nitrogens with zero attached hydrogens (tertiary/aromatic N) is 2. The lowest BCUT2D eigenvalue weighted by Gasteiger charge is -2.16. The number of pyridine rings is 1. The van der Waals surface area contributed by atoms with Gasteiger partial charge in [-0.2, -0.15) is 0 Å². The standard InChI is InChI=1S/C23H29N3O3/c1-3-28-20-9-7-18(15-21(20)29-4-2)8-10-23(27)25-17-19-11-12-24-22(16-19)26-13-5-6-14-26/h7-12,15-16H,3-6,13-14,17H2,1-2H3,(H,25,27)/b10-8+. The van der Waals surface area contributed by atoms with E-state index in [2.05, 4.69) is 21.3 Å². The molecular weight excluding hydrogens is 366 g/mol. The van der Waals surface area contributed by atoms with Gasteiger partial charge in [-0.15, -0.1) is 0 Å². The molecule has 1 aromatic heterocycles. The Bertz CT molecular complexity index is 845. The van der Waals surface area contributed by atoms with Crippen molar-refractivity contribution in [2.75, 3.05) is 31.2 Å². The summed E-state index contributed by atoms with van der Waals surface area (Å²) in [6, 6.07) is 9.63. The van der Waals surface area contributed by atoms with Crippen LogP contribution in [0.3, 0.4) is 0 Å². The topological polar surface area (TPSA) is 63.7 Å². The number of hydrogen-bond donors (Lipinski definition) is 1. The molecule has 3 rings (SSSR count). The summed E-state index contributed by atoms with van der Waals surface area (Å²) in [5.41, 5.74) is 1.93. The summed E-state index contributed by atoms with van der Waals surface area (Å²) in [5, 5.41) is 2.93. The third-order valence-electron chi connectivity index (χ3n) is 4.70. The molecule has 1 N–H and O–H groups in total. The first-order valence-electron chi connectivity index (χ1n) is 10.2. The van der Waals surface area contributed by atoms with Crippen molar-refractivity contribution in [2.24, 2.45) is 0 Å². The van der Waals surface area contributed by atoms with Gasteiger partial charge in [-0.3, -0.25) is 4.79 Å². The van der Waals surface area contributed by atoms with Crippen LogP contribution >= 0.6 is 0 Å². The number of amides is 1. The monoisotopic (exact) mass is 395 g/mol. The highest BCUT2D eigenvalue weighted by molar-refractivity contribution is 5.91. The fourth-order valence-corrected chi connectivity index (χ4v) is 3.28. The largest absolute Gasteiger partial charge is 0.490 e. The highest BCUT2D eigenvalue weighted by Gasteiger charge is 2.13. The summed E-state index contributed by atoms with van der Waals surface area (Å²) in [4.78, 5) is 19.0. The van der Waals surface area contributed by atoms with Gasteiger partial charge in [0.25, 0.3) is 0 Å². The molecule has 6 heteroatoms. The van der Waals surface area contributed by atoms with E-state index < -0.39 is 0 Å². The maximum atomic E-state index is 12.2. The average Bonchev–Trinajstić information content (AvgIpc) is 3.28. The fourth-order valence-electron chi connectivity index (χ4n) is 3.28. The second-order valence-corrected chi connectivity index (χ2v) is 6.84. The van der Waals surface area contributed by atoms with Crippen LogP contribution < -0.4 is 19.7 Å². The first-order valence-corrected chi connectivity index (χ1v) is 10.2. The Labute approximate surface area is 172 Å². The summed E-state index contributed by atoms with van der Waals surface area (Å²) in [5.74, 6) is 2.24. The van der Waals surface area contributed by atoms with Crippen molar-refractivity contribution < 1.29 is 14.3 Å². The lowest BCUT2D eigenvalue weighted by atomic mass is 10.2. The molecule has 6 nitrogen and oxygen atoms in total. The summed E-state index contributed by atoms with van der Waals surface area (Å²) in [6.45, 7) is 7.57. The van der Waals surface area contributed by atoms with Crippen molar-refractivity contribution in [2.45, 2.75) is 33.2 Å². The lowest BCUT2D eigenvalue weighted by Crippen LogP contribution is -2.22. The van der Waals surface area contributed by atoms with E-state index in [9.17, 15) is 4.79 Å². The Morgan fingerprint density at radius 3 is 2.62 bits per heavy atom. The molecule has 0 unspecified atom stereocenters. The van der Waals surface area contributed by atoms with Gasteiger partial charge in [0.2, 0.25) is 5.91 Å². The van der Waals surface area contributed by atoms with Crippen LogP contribution in [0.15, 0.2) is 42.6 Å². The van der Waals surface area contributed by atoms with Gasteiger partial charge >= 0.3 is 0 Å². The van der Waals surface area contributed by atoms with Crippen LogP contribution in [0.5, 0.6) is 11.5 Å². The highest BCUT2D eigenvalue weighted by Crippen LogP contribution is 2.29. The molecule has 2 aromatic rings. The number of carbonyl (C=O) groups is 1. The molecule has 1 saturated heterocycles. The minimum absolute atomic E-state index is 0.142. The predicted molar refractivity (Wildman–Crippen MR) is 115 cm³/mol. The number of hydrogen-bond acceptors (Lipinski definition) is 5. The molecule has 1 amide bonds. The summed E-state index contributed by atoms with van der Waals surface area (Å²) in [7, 11) is 0. The van der Waals surface area contributed by atoms with E-state index >= 15 is 0 Å². The van der Waals surface area contributed by atoms with Gasteiger partial charge in [-0.1, -0.05) is 6.07 Å². The Hall–Kier alpha value is -3.02. The van der Waals surface area contributed by atoms with Crippen molar-refractivity contribution in [1.82, 2.24) is 10.3 Å². The minimum Gasteiger partial charge on any atom is -0.490 e. The molecule has 1 aromatic carbocycles. The number of carbonyl (C=O) groups excluding carboxylic acids is 1. The predicted octanol–water partition coefficient (Wildman–Crippen LogP) is 3.81.